The molecule has 0 spiro atoms. The minimum absolute atomic E-state index is 0.0792. The number of unbranched alkanes of at least 4 members (excludes halogenated alkanes) is 12. The van der Waals surface area contributed by atoms with E-state index in [4.69, 9.17) is 35.0 Å². The number of hydrogen-bond acceptors (Lipinski definition) is 11. The lowest BCUT2D eigenvalue weighted by Gasteiger charge is -2.33. The van der Waals surface area contributed by atoms with Gasteiger partial charge in [-0.15, -0.1) is 22.7 Å². The van der Waals surface area contributed by atoms with Crippen molar-refractivity contribution in [3.05, 3.63) is 210 Å². The molecule has 0 radical (unpaired) electrons. The molecule has 3 aliphatic rings. The van der Waals surface area contributed by atoms with Gasteiger partial charge in [0.15, 0.2) is 23.0 Å². The van der Waals surface area contributed by atoms with Crippen molar-refractivity contribution in [2.75, 3.05) is 36.2 Å². The molecule has 0 N–H and O–H groups in total. The summed E-state index contributed by atoms with van der Waals surface area (Å²) in [5, 5.41) is 10.6. The third kappa shape index (κ3) is 14.3. The summed E-state index contributed by atoms with van der Waals surface area (Å²) in [4.78, 5) is 12.8. The Morgan fingerprint density at radius 3 is 0.990 bits per heavy atom. The van der Waals surface area contributed by atoms with Crippen molar-refractivity contribution in [2.24, 2.45) is 0 Å². The van der Waals surface area contributed by atoms with Gasteiger partial charge in [0.2, 0.25) is 0 Å². The first kappa shape index (κ1) is 65.0. The molecule has 0 saturated carbocycles. The molecule has 12 heteroatoms. The van der Waals surface area contributed by atoms with Gasteiger partial charge in [-0.25, -0.2) is 10.1 Å². The van der Waals surface area contributed by atoms with E-state index in [2.05, 4.69) is 182 Å². The smallest absolute Gasteiger partial charge is 0.270 e. The molecule has 4 heterocycles. The van der Waals surface area contributed by atoms with Crippen molar-refractivity contribution in [1.82, 2.24) is 0 Å². The van der Waals surface area contributed by atoms with Crippen molar-refractivity contribution in [2.45, 2.75) is 130 Å². The number of benzene rings is 8. The maximum atomic E-state index is 10.6. The van der Waals surface area contributed by atoms with Gasteiger partial charge in [0, 0.05) is 60.7 Å². The molecule has 0 atom stereocenters. The fraction of sp³-hybridized carbons (Fsp3) is 0.286. The minimum Gasteiger partial charge on any atom is -0.493 e. The Hall–Kier alpha value is -9.72. The highest BCUT2D eigenvalue weighted by Gasteiger charge is 2.31. The number of fused-ring (bicyclic) bond motifs is 7. The lowest BCUT2D eigenvalue weighted by Crippen LogP contribution is -2.16. The van der Waals surface area contributed by atoms with Crippen LogP contribution in [0.3, 0.4) is 0 Å². The third-order valence-electron chi connectivity index (χ3n) is 18.1. The van der Waals surface area contributed by atoms with Gasteiger partial charge in [-0.3, -0.25) is 0 Å². The fourth-order valence-corrected chi connectivity index (χ4v) is 15.0. The Bertz CT molecular complexity index is 4080. The van der Waals surface area contributed by atoms with Gasteiger partial charge in [0.1, 0.15) is 23.0 Å². The lowest BCUT2D eigenvalue weighted by atomic mass is 9.99. The quantitative estimate of drug-likeness (QED) is 0.0248. The average Bonchev–Trinajstić information content (AvgIpc) is 1.43. The molecule has 96 heavy (non-hydrogen) atoms. The predicted molar refractivity (Wildman–Crippen MR) is 396 cm³/mol. The van der Waals surface area contributed by atoms with Crippen LogP contribution in [0, 0.1) is 17.9 Å². The second-order valence-electron chi connectivity index (χ2n) is 24.9. The second kappa shape index (κ2) is 30.8. The van der Waals surface area contributed by atoms with Gasteiger partial charge in [-0.1, -0.05) is 153 Å². The van der Waals surface area contributed by atoms with E-state index in [1.807, 2.05) is 48.5 Å². The van der Waals surface area contributed by atoms with Crippen molar-refractivity contribution < 1.29 is 28.4 Å². The molecular formula is C84H82N4O6S2. The van der Waals surface area contributed by atoms with Crippen LogP contribution in [0.5, 0.6) is 46.0 Å². The molecule has 10 aromatic rings. The summed E-state index contributed by atoms with van der Waals surface area (Å²) in [6.45, 7) is 19.8. The first-order valence-electron chi connectivity index (χ1n) is 34.6. The molecule has 0 unspecified atom stereocenters. The number of nitriles is 1. The molecule has 0 amide bonds. The number of thiophene rings is 2. The molecule has 13 rings (SSSR count). The van der Waals surface area contributed by atoms with E-state index in [1.54, 1.807) is 22.7 Å². The normalized spacial score (nSPS) is 12.2. The number of hydrogen-bond donors (Lipinski definition) is 0. The molecule has 0 fully saturated rings. The van der Waals surface area contributed by atoms with E-state index in [0.29, 0.717) is 32.0 Å². The predicted octanol–water partition coefficient (Wildman–Crippen LogP) is 25.6. The van der Waals surface area contributed by atoms with Crippen molar-refractivity contribution in [3.63, 3.8) is 0 Å². The van der Waals surface area contributed by atoms with E-state index in [-0.39, 0.29) is 5.70 Å². The van der Waals surface area contributed by atoms with Crippen molar-refractivity contribution in [3.8, 4) is 105 Å². The Morgan fingerprint density at radius 2 is 0.688 bits per heavy atom. The number of nitrogens with zero attached hydrogens (tertiary/aromatic N) is 4. The van der Waals surface area contributed by atoms with Crippen molar-refractivity contribution >= 4 is 62.4 Å². The molecular weight excluding hydrogens is 1230 g/mol. The molecule has 0 saturated heterocycles. The average molecular weight is 1310 g/mol. The first-order valence-corrected chi connectivity index (χ1v) is 36.2. The van der Waals surface area contributed by atoms with Gasteiger partial charge in [0.25, 0.3) is 5.70 Å². The van der Waals surface area contributed by atoms with E-state index in [1.165, 1.54) is 51.4 Å². The molecule has 10 nitrogen and oxygen atoms in total. The SMILES string of the molecule is [C-]#[N+]C(C#N)=C1c2cc(-c3ccc(-c4ccc(N5c6ccc(OCCCCCC)cc6Oc6cc(OCCCCCC)ccc65)cc4)s3)ccc2-c2ccc(-c3ccc(-c4ccc(N5c6ccc(OCCCCCC)cc6Oc6cc(OCCCCCC)ccc65)cc4)s3)cc21. The maximum Gasteiger partial charge on any atom is 0.270 e. The van der Waals surface area contributed by atoms with Crippen LogP contribution in [0.1, 0.15) is 142 Å². The summed E-state index contributed by atoms with van der Waals surface area (Å²) in [5.74, 6) is 6.10. The van der Waals surface area contributed by atoms with E-state index in [0.717, 1.165) is 196 Å². The minimum atomic E-state index is 0.0792. The van der Waals surface area contributed by atoms with Crippen LogP contribution in [0.25, 0.3) is 63.3 Å². The lowest BCUT2D eigenvalue weighted by molar-refractivity contribution is 0.302. The van der Waals surface area contributed by atoms with Gasteiger partial charge >= 0.3 is 0 Å². The van der Waals surface area contributed by atoms with Crippen LogP contribution < -0.4 is 38.2 Å². The molecule has 2 aromatic heterocycles. The van der Waals surface area contributed by atoms with E-state index in [9.17, 15) is 5.26 Å². The molecule has 486 valence electrons. The third-order valence-corrected chi connectivity index (χ3v) is 20.5. The first-order chi connectivity index (χ1) is 47.3. The van der Waals surface area contributed by atoms with Crippen molar-refractivity contribution in [1.29, 1.82) is 5.26 Å². The summed E-state index contributed by atoms with van der Waals surface area (Å²) < 4.78 is 38.3. The van der Waals surface area contributed by atoms with Crippen LogP contribution in [-0.4, -0.2) is 26.4 Å². The van der Waals surface area contributed by atoms with E-state index < -0.39 is 0 Å². The van der Waals surface area contributed by atoms with E-state index >= 15 is 0 Å². The van der Waals surface area contributed by atoms with Crippen LogP contribution in [0.15, 0.2) is 188 Å². The maximum absolute atomic E-state index is 10.6. The van der Waals surface area contributed by atoms with Crippen LogP contribution in [0.4, 0.5) is 34.1 Å². The Morgan fingerprint density at radius 1 is 0.375 bits per heavy atom. The zero-order valence-electron chi connectivity index (χ0n) is 55.5. The van der Waals surface area contributed by atoms with Crippen LogP contribution in [0.2, 0.25) is 0 Å². The Labute approximate surface area is 574 Å². The standard InChI is InChI=1S/C84H82N4O6S2/c1-6-10-14-18-46-89-63-32-38-72-76(52-63)93-77-53-64(90-47-19-15-11-7-2)33-39-73(77)87(72)61-28-22-57(23-29-61)80-42-44-82(95-80)59-26-36-67-68-37-27-60(51-70(68)84(69(67)50-59)71(56-85)86-5)83-45-43-81(96-83)58-24-30-62(31-25-58)88-74-40-34-65(91-48-20-16-12-8-3)54-78(74)94-79-55-66(35-41-75(79)88)92-49-21-17-13-9-4/h22-45,50-55H,6-21,46-49H2,1-4H3. The highest BCUT2D eigenvalue weighted by molar-refractivity contribution is 7.19. The summed E-state index contributed by atoms with van der Waals surface area (Å²) in [6.07, 6.45) is 18.2. The largest absolute Gasteiger partial charge is 0.493 e. The van der Waals surface area contributed by atoms with Gasteiger partial charge in [-0.2, -0.15) is 0 Å². The summed E-state index contributed by atoms with van der Waals surface area (Å²) >= 11 is 3.45. The summed E-state index contributed by atoms with van der Waals surface area (Å²) in [7, 11) is 0. The zero-order chi connectivity index (χ0) is 65.7. The topological polar surface area (TPSA) is 90.0 Å². The highest BCUT2D eigenvalue weighted by atomic mass is 32.1. The summed E-state index contributed by atoms with van der Waals surface area (Å²) in [6, 6.07) is 66.0. The van der Waals surface area contributed by atoms with Crippen LogP contribution in [-0.2, 0) is 0 Å². The van der Waals surface area contributed by atoms with Crippen LogP contribution >= 0.6 is 22.7 Å². The number of anilines is 6. The van der Waals surface area contributed by atoms with Gasteiger partial charge in [0.05, 0.1) is 61.8 Å². The number of rotatable bonds is 30. The summed E-state index contributed by atoms with van der Waals surface area (Å²) in [5.41, 5.74) is 14.6. The Kier molecular flexibility index (Phi) is 20.8. The zero-order valence-corrected chi connectivity index (χ0v) is 57.2. The molecule has 2 aliphatic heterocycles. The van der Waals surface area contributed by atoms with Gasteiger partial charge < -0.3 is 38.2 Å². The molecule has 0 bridgehead atoms. The fourth-order valence-electron chi connectivity index (χ4n) is 13.0. The molecule has 1 aliphatic carbocycles. The second-order valence-corrected chi connectivity index (χ2v) is 27.1. The monoisotopic (exact) mass is 1310 g/mol. The highest BCUT2D eigenvalue weighted by Crippen LogP contribution is 2.56. The van der Waals surface area contributed by atoms with Gasteiger partial charge in [-0.05, 0) is 179 Å². The number of ether oxygens (including phenoxy) is 6. The Balaban J connectivity index is 0.727. The number of allylic oxidation sites excluding steroid dienone is 1. The molecule has 8 aromatic carbocycles.